The molecule has 2 N–H and O–H groups in total. The number of aliphatic hydroxyl groups is 2. The molecule has 0 amide bonds. The molecule has 0 heterocycles. The van der Waals surface area contributed by atoms with Crippen LogP contribution in [-0.2, 0) is 11.2 Å². The normalized spacial score (nSPS) is 22.5. The fourth-order valence-electron chi connectivity index (χ4n) is 5.05. The first-order valence-electron chi connectivity index (χ1n) is 10.2. The highest BCUT2D eigenvalue weighted by atomic mass is 28.4. The van der Waals surface area contributed by atoms with Gasteiger partial charge in [-0.05, 0) is 35.7 Å². The molecular weight excluding hydrogens is 372 g/mol. The monoisotopic (exact) mass is 408 g/mol. The molecule has 6 heteroatoms. The molecule has 0 aromatic heterocycles. The molecular formula is C22H36O5Si. The van der Waals surface area contributed by atoms with Crippen molar-refractivity contribution in [1.82, 2.24) is 0 Å². The number of carbonyl (C=O) groups is 1. The van der Waals surface area contributed by atoms with Gasteiger partial charge in [-0.3, -0.25) is 4.79 Å². The highest BCUT2D eigenvalue weighted by Crippen LogP contribution is 2.49. The number of rotatable bonds is 7. The Kier molecular flexibility index (Phi) is 6.68. The van der Waals surface area contributed by atoms with Gasteiger partial charge in [0.15, 0.2) is 5.78 Å². The Balaban J connectivity index is 2.65. The minimum absolute atomic E-state index is 0.0293. The van der Waals surface area contributed by atoms with Crippen LogP contribution in [0.15, 0.2) is 12.1 Å². The number of ketones is 1. The molecule has 0 aliphatic heterocycles. The zero-order valence-electron chi connectivity index (χ0n) is 18.5. The van der Waals surface area contributed by atoms with E-state index >= 15 is 0 Å². The summed E-state index contributed by atoms with van der Waals surface area (Å²) in [6.45, 7) is 14.7. The third-order valence-electron chi connectivity index (χ3n) is 6.48. The van der Waals surface area contributed by atoms with Gasteiger partial charge in [0, 0.05) is 24.0 Å². The van der Waals surface area contributed by atoms with E-state index in [1.54, 1.807) is 7.11 Å². The Morgan fingerprint density at radius 3 is 2.04 bits per heavy atom. The minimum atomic E-state index is -2.22. The van der Waals surface area contributed by atoms with Crippen molar-refractivity contribution in [2.24, 2.45) is 0 Å². The molecule has 1 aromatic carbocycles. The van der Waals surface area contributed by atoms with Crippen molar-refractivity contribution in [2.45, 2.75) is 89.6 Å². The van der Waals surface area contributed by atoms with Gasteiger partial charge in [-0.25, -0.2) is 0 Å². The van der Waals surface area contributed by atoms with E-state index in [4.69, 9.17) is 9.16 Å². The number of hydrogen-bond acceptors (Lipinski definition) is 5. The molecule has 2 atom stereocenters. The lowest BCUT2D eigenvalue weighted by Crippen LogP contribution is -2.51. The maximum absolute atomic E-state index is 12.0. The Labute approximate surface area is 170 Å². The second kappa shape index (κ2) is 8.17. The summed E-state index contributed by atoms with van der Waals surface area (Å²) in [5.74, 6) is 0.879. The quantitative estimate of drug-likeness (QED) is 0.647. The Hall–Kier alpha value is -1.37. The lowest BCUT2D eigenvalue weighted by molar-refractivity contribution is -0.139. The van der Waals surface area contributed by atoms with Crippen LogP contribution < -0.4 is 9.16 Å². The van der Waals surface area contributed by atoms with Crippen LogP contribution in [0.1, 0.15) is 72.1 Å². The molecule has 0 unspecified atom stereocenters. The molecule has 158 valence electrons. The van der Waals surface area contributed by atoms with E-state index in [1.807, 2.05) is 12.1 Å². The Morgan fingerprint density at radius 1 is 1.11 bits per heavy atom. The van der Waals surface area contributed by atoms with E-state index < -0.39 is 20.0 Å². The van der Waals surface area contributed by atoms with Crippen LogP contribution >= 0.6 is 0 Å². The second-order valence-electron chi connectivity index (χ2n) is 9.06. The zero-order chi connectivity index (χ0) is 21.4. The molecule has 5 nitrogen and oxygen atoms in total. The lowest BCUT2D eigenvalue weighted by Gasteiger charge is -2.44. The van der Waals surface area contributed by atoms with Gasteiger partial charge < -0.3 is 19.4 Å². The number of fused-ring (bicyclic) bond motifs is 1. The first kappa shape index (κ1) is 22.9. The Bertz CT molecular complexity index is 706. The van der Waals surface area contributed by atoms with Gasteiger partial charge in [-0.15, -0.1) is 0 Å². The highest BCUT2D eigenvalue weighted by Gasteiger charge is 2.49. The predicted octanol–water partition coefficient (Wildman–Crippen LogP) is 4.55. The van der Waals surface area contributed by atoms with Gasteiger partial charge in [0.05, 0.1) is 13.2 Å². The van der Waals surface area contributed by atoms with Crippen molar-refractivity contribution in [2.75, 3.05) is 7.11 Å². The molecule has 1 aliphatic carbocycles. The van der Waals surface area contributed by atoms with Crippen molar-refractivity contribution in [3.8, 4) is 11.5 Å². The number of methoxy groups -OCH3 is 1. The molecule has 0 saturated carbocycles. The number of ether oxygens (including phenoxy) is 1. The Morgan fingerprint density at radius 2 is 1.61 bits per heavy atom. The van der Waals surface area contributed by atoms with E-state index in [-0.39, 0.29) is 18.6 Å². The van der Waals surface area contributed by atoms with E-state index in [0.717, 1.165) is 0 Å². The number of aliphatic hydroxyl groups excluding tert-OH is 1. The van der Waals surface area contributed by atoms with Crippen molar-refractivity contribution in [3.63, 3.8) is 0 Å². The SMILES string of the molecule is COc1ccc(O[Si](C(C)C)(C(C)C)C(C)C)c2c1C[C@@](O)(C(C)=O)C[C@@H]2O. The zero-order valence-corrected chi connectivity index (χ0v) is 19.5. The van der Waals surface area contributed by atoms with E-state index in [9.17, 15) is 15.0 Å². The maximum atomic E-state index is 12.0. The maximum Gasteiger partial charge on any atom is 0.258 e. The average Bonchev–Trinajstić information content (AvgIpc) is 2.57. The van der Waals surface area contributed by atoms with Crippen LogP contribution in [0, 0.1) is 0 Å². The van der Waals surface area contributed by atoms with E-state index in [1.165, 1.54) is 6.92 Å². The van der Waals surface area contributed by atoms with Gasteiger partial charge in [0.2, 0.25) is 0 Å². The van der Waals surface area contributed by atoms with Crippen LogP contribution in [0.25, 0.3) is 0 Å². The lowest BCUT2D eigenvalue weighted by atomic mass is 9.76. The summed E-state index contributed by atoms with van der Waals surface area (Å²) < 4.78 is 12.3. The summed E-state index contributed by atoms with van der Waals surface area (Å²) in [5, 5.41) is 21.7. The summed E-state index contributed by atoms with van der Waals surface area (Å²) in [4.78, 5) is 12.0. The molecule has 0 radical (unpaired) electrons. The fourth-order valence-corrected chi connectivity index (χ4v) is 10.3. The van der Waals surface area contributed by atoms with Gasteiger partial charge in [-0.1, -0.05) is 41.5 Å². The van der Waals surface area contributed by atoms with Crippen molar-refractivity contribution >= 4 is 14.1 Å². The number of carbonyl (C=O) groups excluding carboxylic acids is 1. The van der Waals surface area contributed by atoms with Crippen molar-refractivity contribution in [3.05, 3.63) is 23.3 Å². The van der Waals surface area contributed by atoms with Gasteiger partial charge in [0.25, 0.3) is 8.32 Å². The molecule has 1 aromatic rings. The largest absolute Gasteiger partial charge is 0.542 e. The van der Waals surface area contributed by atoms with Crippen LogP contribution in [0.3, 0.4) is 0 Å². The molecule has 28 heavy (non-hydrogen) atoms. The van der Waals surface area contributed by atoms with Crippen LogP contribution in [0.5, 0.6) is 11.5 Å². The van der Waals surface area contributed by atoms with E-state index in [2.05, 4.69) is 41.5 Å². The number of hydrogen-bond donors (Lipinski definition) is 2. The molecule has 2 rings (SSSR count). The minimum Gasteiger partial charge on any atom is -0.542 e. The molecule has 0 bridgehead atoms. The average molecular weight is 409 g/mol. The van der Waals surface area contributed by atoms with Crippen molar-refractivity contribution in [1.29, 1.82) is 0 Å². The number of benzene rings is 1. The molecule has 0 spiro atoms. The summed E-state index contributed by atoms with van der Waals surface area (Å²) >= 11 is 0. The summed E-state index contributed by atoms with van der Waals surface area (Å²) in [6.07, 6.45) is -0.895. The summed E-state index contributed by atoms with van der Waals surface area (Å²) in [6, 6.07) is 3.68. The fraction of sp³-hybridized carbons (Fsp3) is 0.682. The first-order chi connectivity index (χ1) is 12.9. The third kappa shape index (κ3) is 3.74. The standard InChI is InChI=1S/C22H36O5Si/c1-13(2)28(14(3)4,15(5)6)27-20-10-9-19(26-8)17-11-22(25,16(7)23)12-18(24)21(17)20/h9-10,13-15,18,24-25H,11-12H2,1-8H3/t18-,22-/m0/s1. The third-order valence-corrected chi connectivity index (χ3v) is 12.5. The first-order valence-corrected chi connectivity index (χ1v) is 12.3. The predicted molar refractivity (Wildman–Crippen MR) is 114 cm³/mol. The van der Waals surface area contributed by atoms with Crippen LogP contribution in [0.2, 0.25) is 16.6 Å². The molecule has 1 aliphatic rings. The highest BCUT2D eigenvalue weighted by molar-refractivity contribution is 6.78. The summed E-state index contributed by atoms with van der Waals surface area (Å²) in [5.41, 5.74) is 0.904. The number of Topliss-reactive ketones (excluding diaryl/α,β-unsaturated/α-hetero) is 1. The smallest absolute Gasteiger partial charge is 0.258 e. The van der Waals surface area contributed by atoms with Gasteiger partial charge in [-0.2, -0.15) is 0 Å². The van der Waals surface area contributed by atoms with Crippen LogP contribution in [0.4, 0.5) is 0 Å². The van der Waals surface area contributed by atoms with Crippen molar-refractivity contribution < 1.29 is 24.2 Å². The van der Waals surface area contributed by atoms with Gasteiger partial charge >= 0.3 is 0 Å². The molecule has 0 fully saturated rings. The van der Waals surface area contributed by atoms with Gasteiger partial charge in [0.1, 0.15) is 17.1 Å². The molecule has 0 saturated heterocycles. The second-order valence-corrected chi connectivity index (χ2v) is 14.4. The van der Waals surface area contributed by atoms with E-state index in [0.29, 0.717) is 39.2 Å². The topological polar surface area (TPSA) is 76.0 Å². The summed E-state index contributed by atoms with van der Waals surface area (Å²) in [7, 11) is -0.669. The van der Waals surface area contributed by atoms with Crippen LogP contribution in [-0.4, -0.2) is 37.0 Å².